The fourth-order valence-electron chi connectivity index (χ4n) is 3.18. The van der Waals surface area contributed by atoms with Crippen LogP contribution in [0.4, 0.5) is 0 Å². The quantitative estimate of drug-likeness (QED) is 0.511. The molecule has 0 aromatic heterocycles. The van der Waals surface area contributed by atoms with Crippen molar-refractivity contribution in [2.45, 2.75) is 24.9 Å². The standard InChI is InChI=1S/C25H26N2O3S/c1-3-17-27(31(29,30)24-11-5-4-6-12-24)19-21-13-15-22(16-14-21)25(28)26-18-23-10-8-7-9-20(23)2/h3-16H,1,17-19H2,2H3,(H,26,28). The van der Waals surface area contributed by atoms with Crippen LogP contribution in [0.3, 0.4) is 0 Å². The fourth-order valence-corrected chi connectivity index (χ4v) is 4.60. The third-order valence-corrected chi connectivity index (χ3v) is 6.82. The van der Waals surface area contributed by atoms with E-state index in [0.29, 0.717) is 12.1 Å². The van der Waals surface area contributed by atoms with Gasteiger partial charge >= 0.3 is 0 Å². The lowest BCUT2D eigenvalue weighted by molar-refractivity contribution is 0.0951. The fraction of sp³-hybridized carbons (Fsp3) is 0.160. The minimum Gasteiger partial charge on any atom is -0.348 e. The Kier molecular flexibility index (Phi) is 7.39. The molecule has 1 N–H and O–H groups in total. The highest BCUT2D eigenvalue weighted by Crippen LogP contribution is 2.18. The highest BCUT2D eigenvalue weighted by molar-refractivity contribution is 7.89. The van der Waals surface area contributed by atoms with Gasteiger partial charge in [0.1, 0.15) is 0 Å². The second kappa shape index (κ2) is 10.2. The summed E-state index contributed by atoms with van der Waals surface area (Å²) in [6.45, 7) is 6.52. The van der Waals surface area contributed by atoms with Crippen molar-refractivity contribution in [1.29, 1.82) is 0 Å². The van der Waals surface area contributed by atoms with E-state index in [0.717, 1.165) is 16.7 Å². The topological polar surface area (TPSA) is 66.5 Å². The number of aryl methyl sites for hydroxylation is 1. The zero-order chi connectivity index (χ0) is 22.3. The van der Waals surface area contributed by atoms with Crippen molar-refractivity contribution in [2.24, 2.45) is 0 Å². The number of hydrogen-bond acceptors (Lipinski definition) is 3. The Morgan fingerprint density at radius 3 is 2.26 bits per heavy atom. The van der Waals surface area contributed by atoms with E-state index >= 15 is 0 Å². The molecule has 3 aromatic rings. The Labute approximate surface area is 184 Å². The number of carbonyl (C=O) groups is 1. The monoisotopic (exact) mass is 434 g/mol. The number of carbonyl (C=O) groups excluding carboxylic acids is 1. The van der Waals surface area contributed by atoms with E-state index in [2.05, 4.69) is 11.9 Å². The molecule has 0 unspecified atom stereocenters. The Bertz CT molecular complexity index is 1140. The Hall–Kier alpha value is -3.22. The maximum Gasteiger partial charge on any atom is 0.251 e. The van der Waals surface area contributed by atoms with Gasteiger partial charge in [0.2, 0.25) is 10.0 Å². The average Bonchev–Trinajstić information content (AvgIpc) is 2.79. The Balaban J connectivity index is 1.69. The lowest BCUT2D eigenvalue weighted by atomic mass is 10.1. The summed E-state index contributed by atoms with van der Waals surface area (Å²) >= 11 is 0. The van der Waals surface area contributed by atoms with Crippen LogP contribution >= 0.6 is 0 Å². The molecular formula is C25H26N2O3S. The molecule has 3 rings (SSSR count). The molecule has 0 radical (unpaired) electrons. The van der Waals surface area contributed by atoms with E-state index < -0.39 is 10.0 Å². The van der Waals surface area contributed by atoms with Crippen LogP contribution in [0.15, 0.2) is 96.4 Å². The van der Waals surface area contributed by atoms with Crippen molar-refractivity contribution in [3.05, 3.63) is 114 Å². The predicted octanol–water partition coefficient (Wildman–Crippen LogP) is 4.30. The van der Waals surface area contributed by atoms with Crippen LogP contribution < -0.4 is 5.32 Å². The van der Waals surface area contributed by atoms with Crippen LogP contribution in [0, 0.1) is 6.92 Å². The summed E-state index contributed by atoms with van der Waals surface area (Å²) in [6, 6.07) is 23.2. The Morgan fingerprint density at radius 2 is 1.61 bits per heavy atom. The first-order valence-corrected chi connectivity index (χ1v) is 11.4. The first-order valence-electron chi connectivity index (χ1n) is 9.99. The lowest BCUT2D eigenvalue weighted by Crippen LogP contribution is -2.30. The molecule has 0 aliphatic carbocycles. The van der Waals surface area contributed by atoms with Crippen LogP contribution in [0.25, 0.3) is 0 Å². The van der Waals surface area contributed by atoms with Crippen LogP contribution in [0.1, 0.15) is 27.0 Å². The highest BCUT2D eigenvalue weighted by atomic mass is 32.2. The van der Waals surface area contributed by atoms with Gasteiger partial charge in [0.15, 0.2) is 0 Å². The molecule has 6 heteroatoms. The molecule has 0 aliphatic rings. The summed E-state index contributed by atoms with van der Waals surface area (Å²) < 4.78 is 27.3. The number of hydrogen-bond donors (Lipinski definition) is 1. The van der Waals surface area contributed by atoms with Gasteiger partial charge in [-0.25, -0.2) is 8.42 Å². The molecule has 31 heavy (non-hydrogen) atoms. The average molecular weight is 435 g/mol. The minimum absolute atomic E-state index is 0.172. The maximum atomic E-state index is 13.0. The van der Waals surface area contributed by atoms with Crippen molar-refractivity contribution >= 4 is 15.9 Å². The van der Waals surface area contributed by atoms with Gasteiger partial charge in [-0.15, -0.1) is 6.58 Å². The number of nitrogens with zero attached hydrogens (tertiary/aromatic N) is 1. The van der Waals surface area contributed by atoms with Crippen molar-refractivity contribution < 1.29 is 13.2 Å². The number of rotatable bonds is 9. The molecule has 5 nitrogen and oxygen atoms in total. The maximum absolute atomic E-state index is 13.0. The summed E-state index contributed by atoms with van der Waals surface area (Å²) in [5, 5.41) is 2.92. The van der Waals surface area contributed by atoms with E-state index in [1.54, 1.807) is 60.7 Å². The zero-order valence-corrected chi connectivity index (χ0v) is 18.3. The molecule has 1 amide bonds. The molecule has 0 bridgehead atoms. The van der Waals surface area contributed by atoms with E-state index in [1.807, 2.05) is 31.2 Å². The highest BCUT2D eigenvalue weighted by Gasteiger charge is 2.23. The van der Waals surface area contributed by atoms with Crippen molar-refractivity contribution in [3.8, 4) is 0 Å². The predicted molar refractivity (Wildman–Crippen MR) is 123 cm³/mol. The van der Waals surface area contributed by atoms with Crippen LogP contribution in [-0.2, 0) is 23.1 Å². The first-order chi connectivity index (χ1) is 14.9. The molecule has 3 aromatic carbocycles. The van der Waals surface area contributed by atoms with Crippen molar-refractivity contribution in [2.75, 3.05) is 6.54 Å². The summed E-state index contributed by atoms with van der Waals surface area (Å²) in [4.78, 5) is 12.7. The second-order valence-corrected chi connectivity index (χ2v) is 9.14. The largest absolute Gasteiger partial charge is 0.348 e. The van der Waals surface area contributed by atoms with Crippen LogP contribution in [0.5, 0.6) is 0 Å². The van der Waals surface area contributed by atoms with Crippen molar-refractivity contribution in [1.82, 2.24) is 9.62 Å². The van der Waals surface area contributed by atoms with Gasteiger partial charge < -0.3 is 5.32 Å². The van der Waals surface area contributed by atoms with Gasteiger partial charge in [-0.1, -0.05) is 60.7 Å². The molecule has 0 atom stereocenters. The molecule has 0 saturated heterocycles. The van der Waals surface area contributed by atoms with Gasteiger partial charge in [-0.2, -0.15) is 4.31 Å². The SMILES string of the molecule is C=CCN(Cc1ccc(C(=O)NCc2ccccc2C)cc1)S(=O)(=O)c1ccccc1. The summed E-state index contributed by atoms with van der Waals surface area (Å²) in [5.74, 6) is -0.172. The van der Waals surface area contributed by atoms with E-state index in [1.165, 1.54) is 4.31 Å². The number of nitrogens with one attached hydrogen (secondary N) is 1. The molecule has 0 saturated carbocycles. The smallest absolute Gasteiger partial charge is 0.251 e. The normalized spacial score (nSPS) is 11.3. The minimum atomic E-state index is -3.65. The van der Waals surface area contributed by atoms with Gasteiger partial charge in [-0.3, -0.25) is 4.79 Å². The lowest BCUT2D eigenvalue weighted by Gasteiger charge is -2.21. The summed E-state index contributed by atoms with van der Waals surface area (Å²) in [7, 11) is -3.65. The Morgan fingerprint density at radius 1 is 0.968 bits per heavy atom. The number of amides is 1. The van der Waals surface area contributed by atoms with Gasteiger partial charge in [0.05, 0.1) is 4.90 Å². The molecule has 0 heterocycles. The van der Waals surface area contributed by atoms with Crippen molar-refractivity contribution in [3.63, 3.8) is 0 Å². The number of benzene rings is 3. The molecule has 0 aliphatic heterocycles. The van der Waals surface area contributed by atoms with Crippen LogP contribution in [-0.4, -0.2) is 25.2 Å². The molecule has 160 valence electrons. The van der Waals surface area contributed by atoms with Crippen LogP contribution in [0.2, 0.25) is 0 Å². The van der Waals surface area contributed by atoms with E-state index in [-0.39, 0.29) is 23.9 Å². The van der Waals surface area contributed by atoms with E-state index in [9.17, 15) is 13.2 Å². The number of sulfonamides is 1. The van der Waals surface area contributed by atoms with Gasteiger partial charge in [-0.05, 0) is 47.9 Å². The van der Waals surface area contributed by atoms with Gasteiger partial charge in [0.25, 0.3) is 5.91 Å². The van der Waals surface area contributed by atoms with E-state index in [4.69, 9.17) is 0 Å². The van der Waals surface area contributed by atoms with Gasteiger partial charge in [0, 0.05) is 25.2 Å². The molecule has 0 fully saturated rings. The molecule has 0 spiro atoms. The summed E-state index contributed by atoms with van der Waals surface area (Å²) in [5.41, 5.74) is 3.51. The third kappa shape index (κ3) is 5.69. The first kappa shape index (κ1) is 22.5. The zero-order valence-electron chi connectivity index (χ0n) is 17.5. The second-order valence-electron chi connectivity index (χ2n) is 7.21. The summed E-state index contributed by atoms with van der Waals surface area (Å²) in [6.07, 6.45) is 1.56. The third-order valence-electron chi connectivity index (χ3n) is 4.99. The molecular weight excluding hydrogens is 408 g/mol.